The third kappa shape index (κ3) is 4.24. The molecule has 0 saturated carbocycles. The average Bonchev–Trinajstić information content (AvgIpc) is 3.34. The van der Waals surface area contributed by atoms with Gasteiger partial charge < -0.3 is 14.4 Å². The van der Waals surface area contributed by atoms with Gasteiger partial charge in [0.05, 0.1) is 16.7 Å². The van der Waals surface area contributed by atoms with E-state index in [1.54, 1.807) is 18.2 Å². The zero-order valence-corrected chi connectivity index (χ0v) is 18.6. The first-order valence-electron chi connectivity index (χ1n) is 11.3. The summed E-state index contributed by atoms with van der Waals surface area (Å²) in [4.78, 5) is 34.1. The van der Waals surface area contributed by atoms with Crippen molar-refractivity contribution in [3.8, 4) is 0 Å². The molecule has 3 aromatic rings. The molecule has 0 N–H and O–H groups in total. The molecule has 6 nitrogen and oxygen atoms in total. The maximum absolute atomic E-state index is 14.3. The number of carbonyl (C=O) groups is 2. The van der Waals surface area contributed by atoms with Gasteiger partial charge in [0.15, 0.2) is 0 Å². The van der Waals surface area contributed by atoms with Gasteiger partial charge in [0.1, 0.15) is 18.2 Å². The average molecular weight is 437 g/mol. The number of carbonyl (C=O) groups excluding carboxylic acids is 2. The summed E-state index contributed by atoms with van der Waals surface area (Å²) in [5.41, 5.74) is 1.96. The van der Waals surface area contributed by atoms with E-state index in [1.807, 2.05) is 33.7 Å². The molecule has 7 heteroatoms. The Hall–Kier alpha value is -3.22. The van der Waals surface area contributed by atoms with E-state index in [0.717, 1.165) is 37.0 Å². The lowest BCUT2D eigenvalue weighted by molar-refractivity contribution is -0.131. The van der Waals surface area contributed by atoms with Crippen LogP contribution in [0.25, 0.3) is 11.0 Å². The SMILES string of the molecule is CCCN(CCC)C(=O)Cn1c(C2CC(=O)N(c3ccccc3F)C2)nc2ccccc21. The molecule has 1 aromatic heterocycles. The summed E-state index contributed by atoms with van der Waals surface area (Å²) in [5.74, 6) is -0.00948. The number of nitrogens with zero attached hydrogens (tertiary/aromatic N) is 4. The highest BCUT2D eigenvalue weighted by Gasteiger charge is 2.36. The third-order valence-electron chi connectivity index (χ3n) is 5.95. The van der Waals surface area contributed by atoms with Crippen LogP contribution in [-0.4, -0.2) is 45.9 Å². The molecule has 1 atom stereocenters. The second-order valence-electron chi connectivity index (χ2n) is 8.28. The molecule has 1 saturated heterocycles. The van der Waals surface area contributed by atoms with Crippen LogP contribution < -0.4 is 4.90 Å². The smallest absolute Gasteiger partial charge is 0.242 e. The Labute approximate surface area is 187 Å². The van der Waals surface area contributed by atoms with Gasteiger partial charge in [0.2, 0.25) is 11.8 Å². The zero-order chi connectivity index (χ0) is 22.7. The van der Waals surface area contributed by atoms with Crippen LogP contribution >= 0.6 is 0 Å². The quantitative estimate of drug-likeness (QED) is 0.528. The van der Waals surface area contributed by atoms with Gasteiger partial charge in [-0.1, -0.05) is 38.1 Å². The summed E-state index contributed by atoms with van der Waals surface area (Å²) in [7, 11) is 0. The van der Waals surface area contributed by atoms with E-state index in [2.05, 4.69) is 13.8 Å². The minimum atomic E-state index is -0.417. The normalized spacial score (nSPS) is 16.2. The van der Waals surface area contributed by atoms with Crippen LogP contribution in [0.3, 0.4) is 0 Å². The molecular formula is C25H29FN4O2. The molecule has 2 heterocycles. The van der Waals surface area contributed by atoms with E-state index < -0.39 is 5.82 Å². The summed E-state index contributed by atoms with van der Waals surface area (Å²) in [6.45, 7) is 6.09. The van der Waals surface area contributed by atoms with Gasteiger partial charge in [-0.2, -0.15) is 0 Å². The second-order valence-corrected chi connectivity index (χ2v) is 8.28. The molecule has 1 aliphatic heterocycles. The molecule has 4 rings (SSSR count). The van der Waals surface area contributed by atoms with Crippen LogP contribution in [0, 0.1) is 5.82 Å². The highest BCUT2D eigenvalue weighted by Crippen LogP contribution is 2.34. The topological polar surface area (TPSA) is 58.4 Å². The Balaban J connectivity index is 1.67. The number of halogens is 1. The van der Waals surface area contributed by atoms with Crippen molar-refractivity contribution in [1.82, 2.24) is 14.5 Å². The number of imidazole rings is 1. The van der Waals surface area contributed by atoms with E-state index in [0.29, 0.717) is 12.4 Å². The predicted octanol–water partition coefficient (Wildman–Crippen LogP) is 4.34. The van der Waals surface area contributed by atoms with E-state index in [9.17, 15) is 14.0 Å². The number of hydrogen-bond acceptors (Lipinski definition) is 3. The van der Waals surface area contributed by atoms with Crippen molar-refractivity contribution in [2.24, 2.45) is 0 Å². The largest absolute Gasteiger partial charge is 0.341 e. The summed E-state index contributed by atoms with van der Waals surface area (Å²) < 4.78 is 16.3. The fraction of sp³-hybridized carbons (Fsp3) is 0.400. The monoisotopic (exact) mass is 436 g/mol. The summed E-state index contributed by atoms with van der Waals surface area (Å²) in [6.07, 6.45) is 2.04. The van der Waals surface area contributed by atoms with E-state index in [4.69, 9.17) is 4.98 Å². The summed E-state index contributed by atoms with van der Waals surface area (Å²) >= 11 is 0. The predicted molar refractivity (Wildman–Crippen MR) is 123 cm³/mol. The fourth-order valence-corrected chi connectivity index (χ4v) is 4.49. The number of anilines is 1. The minimum absolute atomic E-state index is 0.0494. The Morgan fingerprint density at radius 2 is 1.78 bits per heavy atom. The van der Waals surface area contributed by atoms with Crippen molar-refractivity contribution >= 4 is 28.5 Å². The maximum Gasteiger partial charge on any atom is 0.242 e. The lowest BCUT2D eigenvalue weighted by atomic mass is 10.1. The van der Waals surface area contributed by atoms with E-state index in [-0.39, 0.29) is 36.4 Å². The van der Waals surface area contributed by atoms with Gasteiger partial charge in [-0.05, 0) is 37.1 Å². The van der Waals surface area contributed by atoms with Crippen LogP contribution in [0.2, 0.25) is 0 Å². The van der Waals surface area contributed by atoms with Gasteiger partial charge >= 0.3 is 0 Å². The molecule has 0 aliphatic carbocycles. The minimum Gasteiger partial charge on any atom is -0.341 e. The highest BCUT2D eigenvalue weighted by atomic mass is 19.1. The van der Waals surface area contributed by atoms with Crippen molar-refractivity contribution in [3.05, 3.63) is 60.2 Å². The number of hydrogen-bond donors (Lipinski definition) is 0. The fourth-order valence-electron chi connectivity index (χ4n) is 4.49. The van der Waals surface area contributed by atoms with E-state index >= 15 is 0 Å². The molecule has 0 radical (unpaired) electrons. The van der Waals surface area contributed by atoms with Gasteiger partial charge in [-0.25, -0.2) is 9.37 Å². The first-order valence-corrected chi connectivity index (χ1v) is 11.3. The van der Waals surface area contributed by atoms with Gasteiger partial charge in [0, 0.05) is 32.0 Å². The number of para-hydroxylation sites is 3. The second kappa shape index (κ2) is 9.51. The molecule has 168 valence electrons. The Kier molecular flexibility index (Phi) is 6.53. The van der Waals surface area contributed by atoms with Crippen molar-refractivity contribution in [1.29, 1.82) is 0 Å². The van der Waals surface area contributed by atoms with Gasteiger partial charge in [-0.3, -0.25) is 9.59 Å². The highest BCUT2D eigenvalue weighted by molar-refractivity contribution is 5.96. The molecule has 1 aliphatic rings. The van der Waals surface area contributed by atoms with Crippen LogP contribution in [0.4, 0.5) is 10.1 Å². The number of fused-ring (bicyclic) bond motifs is 1. The molecule has 32 heavy (non-hydrogen) atoms. The van der Waals surface area contributed by atoms with Gasteiger partial charge in [-0.15, -0.1) is 0 Å². The third-order valence-corrected chi connectivity index (χ3v) is 5.95. The Morgan fingerprint density at radius 3 is 2.50 bits per heavy atom. The first-order chi connectivity index (χ1) is 15.5. The van der Waals surface area contributed by atoms with Crippen LogP contribution in [0.5, 0.6) is 0 Å². The zero-order valence-electron chi connectivity index (χ0n) is 18.6. The Morgan fingerprint density at radius 1 is 1.09 bits per heavy atom. The molecule has 1 unspecified atom stereocenters. The van der Waals surface area contributed by atoms with Crippen molar-refractivity contribution in [2.75, 3.05) is 24.5 Å². The van der Waals surface area contributed by atoms with Gasteiger partial charge in [0.25, 0.3) is 0 Å². The lowest BCUT2D eigenvalue weighted by Crippen LogP contribution is -2.35. The molecule has 2 amide bonds. The summed E-state index contributed by atoms with van der Waals surface area (Å²) in [5, 5.41) is 0. The number of amides is 2. The van der Waals surface area contributed by atoms with Crippen LogP contribution in [0.15, 0.2) is 48.5 Å². The number of aromatic nitrogens is 2. The number of rotatable bonds is 8. The van der Waals surface area contributed by atoms with Crippen LogP contribution in [0.1, 0.15) is 44.9 Å². The van der Waals surface area contributed by atoms with Crippen LogP contribution in [-0.2, 0) is 16.1 Å². The van der Waals surface area contributed by atoms with Crippen molar-refractivity contribution < 1.29 is 14.0 Å². The first kappa shape index (κ1) is 22.0. The molecule has 1 fully saturated rings. The molecule has 0 spiro atoms. The maximum atomic E-state index is 14.3. The molecular weight excluding hydrogens is 407 g/mol. The van der Waals surface area contributed by atoms with Crippen molar-refractivity contribution in [3.63, 3.8) is 0 Å². The Bertz CT molecular complexity index is 1120. The van der Waals surface area contributed by atoms with Crippen molar-refractivity contribution in [2.45, 2.75) is 45.6 Å². The standard InChI is InChI=1S/C25H29FN4O2/c1-3-13-28(14-4-2)24(32)17-30-22-12-8-6-10-20(22)27-25(30)18-15-23(31)29(16-18)21-11-7-5-9-19(21)26/h5-12,18H,3-4,13-17H2,1-2H3. The van der Waals surface area contributed by atoms with E-state index in [1.165, 1.54) is 11.0 Å². The molecule has 2 aromatic carbocycles. The summed E-state index contributed by atoms with van der Waals surface area (Å²) in [6, 6.07) is 14.0. The lowest BCUT2D eigenvalue weighted by Gasteiger charge is -2.23. The molecule has 0 bridgehead atoms. The number of benzene rings is 2.